The zero-order valence-corrected chi connectivity index (χ0v) is 7.94. The van der Waals surface area contributed by atoms with Crippen LogP contribution in [-0.4, -0.2) is 32.1 Å². The predicted molar refractivity (Wildman–Crippen MR) is 48.6 cm³/mol. The first-order valence-electron chi connectivity index (χ1n) is 4.42. The van der Waals surface area contributed by atoms with Crippen LogP contribution < -0.4 is 5.32 Å². The number of hydrogen-bond donors (Lipinski definition) is 1. The molecule has 2 aliphatic heterocycles. The van der Waals surface area contributed by atoms with E-state index >= 15 is 0 Å². The molecule has 2 rings (SSSR count). The average molecular weight is 194 g/mol. The van der Waals surface area contributed by atoms with Gasteiger partial charge in [0.1, 0.15) is 6.23 Å². The third kappa shape index (κ3) is 2.59. The van der Waals surface area contributed by atoms with Crippen LogP contribution in [0.5, 0.6) is 0 Å². The molecule has 0 bridgehead atoms. The molecule has 12 heavy (non-hydrogen) atoms. The van der Waals surface area contributed by atoms with Crippen molar-refractivity contribution in [2.24, 2.45) is 0 Å². The van der Waals surface area contributed by atoms with Crippen molar-refractivity contribution in [1.82, 2.24) is 5.32 Å². The first-order valence-corrected chi connectivity index (χ1v) is 4.42. The summed E-state index contributed by atoms with van der Waals surface area (Å²) in [6.45, 7) is 2.80. The summed E-state index contributed by atoms with van der Waals surface area (Å²) in [6.07, 6.45) is 4.17. The van der Waals surface area contributed by atoms with Gasteiger partial charge in [-0.1, -0.05) is 0 Å². The molecule has 1 N–H and O–H groups in total. The maximum atomic E-state index is 5.49. The standard InChI is InChI=1S/C8H15NO2.ClH/c1-2-7(10-4-1)6-8-9-3-5-11-8;/h7-9H,1-6H2;1H. The molecule has 3 nitrogen and oxygen atoms in total. The summed E-state index contributed by atoms with van der Waals surface area (Å²) in [7, 11) is 0. The highest BCUT2D eigenvalue weighted by Crippen LogP contribution is 2.18. The minimum Gasteiger partial charge on any atom is -0.378 e. The van der Waals surface area contributed by atoms with E-state index in [0.29, 0.717) is 6.10 Å². The molecule has 0 aromatic heterocycles. The topological polar surface area (TPSA) is 30.5 Å². The summed E-state index contributed by atoms with van der Waals surface area (Å²) in [5, 5.41) is 3.28. The Balaban J connectivity index is 0.000000720. The molecular weight excluding hydrogens is 178 g/mol. The van der Waals surface area contributed by atoms with E-state index < -0.39 is 0 Å². The van der Waals surface area contributed by atoms with Gasteiger partial charge in [-0.3, -0.25) is 5.32 Å². The third-order valence-electron chi connectivity index (χ3n) is 2.29. The van der Waals surface area contributed by atoms with Gasteiger partial charge in [0.2, 0.25) is 0 Å². The fourth-order valence-electron chi connectivity index (χ4n) is 1.70. The van der Waals surface area contributed by atoms with E-state index in [-0.39, 0.29) is 18.6 Å². The molecule has 2 unspecified atom stereocenters. The Kier molecular flexibility index (Phi) is 4.29. The lowest BCUT2D eigenvalue weighted by atomic mass is 10.2. The van der Waals surface area contributed by atoms with Crippen molar-refractivity contribution in [2.45, 2.75) is 31.6 Å². The molecule has 0 aliphatic carbocycles. The van der Waals surface area contributed by atoms with Crippen LogP contribution in [0.3, 0.4) is 0 Å². The van der Waals surface area contributed by atoms with E-state index in [1.54, 1.807) is 0 Å². The minimum atomic E-state index is 0. The smallest absolute Gasteiger partial charge is 0.110 e. The Labute approximate surface area is 79.2 Å². The SMILES string of the molecule is C1COC(CC2NCCO2)C1.Cl. The van der Waals surface area contributed by atoms with E-state index in [2.05, 4.69) is 5.32 Å². The summed E-state index contributed by atoms with van der Waals surface area (Å²) in [6, 6.07) is 0. The fourth-order valence-corrected chi connectivity index (χ4v) is 1.70. The Morgan fingerprint density at radius 1 is 1.25 bits per heavy atom. The van der Waals surface area contributed by atoms with Gasteiger partial charge in [0.15, 0.2) is 0 Å². The van der Waals surface area contributed by atoms with Crippen molar-refractivity contribution >= 4 is 12.4 Å². The van der Waals surface area contributed by atoms with E-state index in [1.807, 2.05) is 0 Å². The van der Waals surface area contributed by atoms with Crippen molar-refractivity contribution in [3.63, 3.8) is 0 Å². The lowest BCUT2D eigenvalue weighted by molar-refractivity contribution is 0.0298. The first kappa shape index (κ1) is 10.3. The van der Waals surface area contributed by atoms with E-state index in [9.17, 15) is 0 Å². The van der Waals surface area contributed by atoms with Crippen LogP contribution in [0, 0.1) is 0 Å². The van der Waals surface area contributed by atoms with Gasteiger partial charge in [0, 0.05) is 19.6 Å². The second-order valence-electron chi connectivity index (χ2n) is 3.18. The molecule has 2 fully saturated rings. The molecule has 2 atom stereocenters. The summed E-state index contributed by atoms with van der Waals surface area (Å²) in [4.78, 5) is 0. The van der Waals surface area contributed by atoms with Gasteiger partial charge in [-0.25, -0.2) is 0 Å². The molecule has 2 saturated heterocycles. The normalized spacial score (nSPS) is 35.0. The lowest BCUT2D eigenvalue weighted by Crippen LogP contribution is -2.27. The number of nitrogens with one attached hydrogen (secondary N) is 1. The number of rotatable bonds is 2. The molecule has 0 saturated carbocycles. The van der Waals surface area contributed by atoms with Crippen molar-refractivity contribution in [2.75, 3.05) is 19.8 Å². The van der Waals surface area contributed by atoms with Gasteiger partial charge in [0.25, 0.3) is 0 Å². The van der Waals surface area contributed by atoms with Crippen molar-refractivity contribution < 1.29 is 9.47 Å². The molecule has 0 amide bonds. The van der Waals surface area contributed by atoms with Crippen LogP contribution in [0.4, 0.5) is 0 Å². The van der Waals surface area contributed by atoms with Gasteiger partial charge < -0.3 is 9.47 Å². The summed E-state index contributed by atoms with van der Waals surface area (Å²) >= 11 is 0. The second kappa shape index (κ2) is 5.02. The molecular formula is C8H16ClNO2. The van der Waals surface area contributed by atoms with E-state index in [0.717, 1.165) is 26.2 Å². The van der Waals surface area contributed by atoms with Crippen LogP contribution >= 0.6 is 12.4 Å². The predicted octanol–water partition coefficient (Wildman–Crippen LogP) is 0.923. The number of hydrogen-bond acceptors (Lipinski definition) is 3. The molecule has 0 aromatic rings. The molecule has 72 valence electrons. The van der Waals surface area contributed by atoms with Gasteiger partial charge in [0.05, 0.1) is 12.7 Å². The van der Waals surface area contributed by atoms with Crippen LogP contribution in [0.1, 0.15) is 19.3 Å². The van der Waals surface area contributed by atoms with Crippen LogP contribution in [0.2, 0.25) is 0 Å². The van der Waals surface area contributed by atoms with E-state index in [4.69, 9.17) is 9.47 Å². The van der Waals surface area contributed by atoms with Gasteiger partial charge in [-0.05, 0) is 12.8 Å². The quantitative estimate of drug-likeness (QED) is 0.708. The maximum Gasteiger partial charge on any atom is 0.110 e. The van der Waals surface area contributed by atoms with Crippen LogP contribution in [-0.2, 0) is 9.47 Å². The Morgan fingerprint density at radius 2 is 2.17 bits per heavy atom. The van der Waals surface area contributed by atoms with Crippen molar-refractivity contribution in [3.05, 3.63) is 0 Å². The highest BCUT2D eigenvalue weighted by atomic mass is 35.5. The third-order valence-corrected chi connectivity index (χ3v) is 2.29. The summed E-state index contributed by atoms with van der Waals surface area (Å²) in [5.74, 6) is 0. The Morgan fingerprint density at radius 3 is 2.75 bits per heavy atom. The van der Waals surface area contributed by atoms with Gasteiger partial charge in [-0.2, -0.15) is 0 Å². The summed E-state index contributed by atoms with van der Waals surface area (Å²) < 4.78 is 10.9. The zero-order valence-electron chi connectivity index (χ0n) is 7.12. The Bertz CT molecular complexity index is 108. The zero-order chi connectivity index (χ0) is 7.52. The van der Waals surface area contributed by atoms with Gasteiger partial charge in [-0.15, -0.1) is 12.4 Å². The molecule has 0 aromatic carbocycles. The number of ether oxygens (including phenoxy) is 2. The molecule has 0 spiro atoms. The highest BCUT2D eigenvalue weighted by molar-refractivity contribution is 5.85. The second-order valence-corrected chi connectivity index (χ2v) is 3.18. The van der Waals surface area contributed by atoms with Crippen LogP contribution in [0.25, 0.3) is 0 Å². The van der Waals surface area contributed by atoms with Crippen molar-refractivity contribution in [1.29, 1.82) is 0 Å². The monoisotopic (exact) mass is 193 g/mol. The minimum absolute atomic E-state index is 0. The largest absolute Gasteiger partial charge is 0.378 e. The average Bonchev–Trinajstić information content (AvgIpc) is 2.60. The molecule has 4 heteroatoms. The fraction of sp³-hybridized carbons (Fsp3) is 1.00. The van der Waals surface area contributed by atoms with Crippen LogP contribution in [0.15, 0.2) is 0 Å². The molecule has 2 heterocycles. The molecule has 0 radical (unpaired) electrons. The summed E-state index contributed by atoms with van der Waals surface area (Å²) in [5.41, 5.74) is 0. The van der Waals surface area contributed by atoms with Crippen molar-refractivity contribution in [3.8, 4) is 0 Å². The molecule has 2 aliphatic rings. The lowest BCUT2D eigenvalue weighted by Gasteiger charge is -2.14. The van der Waals surface area contributed by atoms with E-state index in [1.165, 1.54) is 12.8 Å². The van der Waals surface area contributed by atoms with Gasteiger partial charge >= 0.3 is 0 Å². The first-order chi connectivity index (χ1) is 5.45. The maximum absolute atomic E-state index is 5.49. The number of halogens is 1. The highest BCUT2D eigenvalue weighted by Gasteiger charge is 2.22. The Hall–Kier alpha value is 0.170.